The van der Waals surface area contributed by atoms with Crippen LogP contribution >= 0.6 is 21.8 Å². The molecule has 2 rings (SSSR count). The number of nitriles is 1. The number of benzene rings is 2. The Labute approximate surface area is 162 Å². The molecule has 2 aromatic rings. The van der Waals surface area contributed by atoms with E-state index in [0.29, 0.717) is 11.1 Å². The molecule has 0 aliphatic rings. The highest BCUT2D eigenvalue weighted by Gasteiger charge is 2.67. The Balaban J connectivity index is 2.26. The standard InChI is InChI=1S/C17H14ClF5N2O2S/c1-17(10-24,11-27-13-8-6-12(18)7-9-13)25-16(26)14-4-2-3-5-15(14)28(19,20,21,22)23/h2-9H,11H2,1H3,(H,25,26). The third-order valence-electron chi connectivity index (χ3n) is 3.52. The van der Waals surface area contributed by atoms with Crippen molar-refractivity contribution in [2.24, 2.45) is 0 Å². The number of hydrogen-bond donors (Lipinski definition) is 1. The van der Waals surface area contributed by atoms with E-state index in [0.717, 1.165) is 12.1 Å². The lowest BCUT2D eigenvalue weighted by molar-refractivity contribution is 0.0896. The third-order valence-corrected chi connectivity index (χ3v) is 4.96. The molecule has 0 saturated carbocycles. The molecule has 0 heterocycles. The van der Waals surface area contributed by atoms with Crippen LogP contribution in [0.2, 0.25) is 5.02 Å². The lowest BCUT2D eigenvalue weighted by Gasteiger charge is -2.41. The summed E-state index contributed by atoms with van der Waals surface area (Å²) in [6.45, 7) is 0.735. The second-order valence-corrected chi connectivity index (χ2v) is 8.92. The Bertz CT molecular complexity index is 945. The summed E-state index contributed by atoms with van der Waals surface area (Å²) in [6, 6.07) is 10.2. The molecule has 2 aromatic carbocycles. The van der Waals surface area contributed by atoms with E-state index in [-0.39, 0.29) is 11.8 Å². The van der Waals surface area contributed by atoms with Crippen molar-refractivity contribution in [1.29, 1.82) is 5.26 Å². The van der Waals surface area contributed by atoms with Crippen LogP contribution in [0.15, 0.2) is 53.4 Å². The number of carbonyl (C=O) groups excluding carboxylic acids is 1. The highest BCUT2D eigenvalue weighted by molar-refractivity contribution is 8.45. The molecule has 1 atom stereocenters. The lowest BCUT2D eigenvalue weighted by Crippen LogP contribution is -2.49. The predicted octanol–water partition coefficient (Wildman–Crippen LogP) is 6.09. The van der Waals surface area contributed by atoms with Crippen LogP contribution in [0, 0.1) is 11.3 Å². The lowest BCUT2D eigenvalue weighted by atomic mass is 10.1. The van der Waals surface area contributed by atoms with Gasteiger partial charge in [0.25, 0.3) is 5.91 Å². The van der Waals surface area contributed by atoms with Gasteiger partial charge in [0.2, 0.25) is 0 Å². The van der Waals surface area contributed by atoms with Crippen molar-refractivity contribution in [3.8, 4) is 11.8 Å². The maximum Gasteiger partial charge on any atom is 0.311 e. The molecule has 0 radical (unpaired) electrons. The van der Waals surface area contributed by atoms with Crippen LogP contribution in [-0.2, 0) is 0 Å². The fourth-order valence-corrected chi connectivity index (χ4v) is 3.20. The summed E-state index contributed by atoms with van der Waals surface area (Å²) < 4.78 is 71.4. The zero-order valence-electron chi connectivity index (χ0n) is 14.3. The van der Waals surface area contributed by atoms with Gasteiger partial charge in [-0.3, -0.25) is 4.79 Å². The molecule has 0 aliphatic heterocycles. The summed E-state index contributed by atoms with van der Waals surface area (Å²) in [7, 11) is -10.1. The van der Waals surface area contributed by atoms with Gasteiger partial charge in [-0.1, -0.05) is 43.2 Å². The molecule has 28 heavy (non-hydrogen) atoms. The highest BCUT2D eigenvalue weighted by Crippen LogP contribution is 3.02. The fraction of sp³-hybridized carbons (Fsp3) is 0.176. The van der Waals surface area contributed by atoms with Crippen molar-refractivity contribution in [2.75, 3.05) is 6.61 Å². The first-order valence-electron chi connectivity index (χ1n) is 7.59. The monoisotopic (exact) mass is 440 g/mol. The maximum atomic E-state index is 13.2. The maximum absolute atomic E-state index is 13.2. The van der Waals surface area contributed by atoms with Crippen molar-refractivity contribution in [2.45, 2.75) is 17.4 Å². The average Bonchev–Trinajstić information content (AvgIpc) is 2.59. The Kier molecular flexibility index (Phi) is 5.08. The van der Waals surface area contributed by atoms with Crippen molar-refractivity contribution < 1.29 is 29.0 Å². The predicted molar refractivity (Wildman–Crippen MR) is 96.3 cm³/mol. The number of nitrogens with one attached hydrogen (secondary N) is 1. The van der Waals surface area contributed by atoms with E-state index in [1.165, 1.54) is 31.2 Å². The average molecular weight is 441 g/mol. The molecule has 4 nitrogen and oxygen atoms in total. The summed E-state index contributed by atoms with van der Waals surface area (Å²) in [4.78, 5) is 9.96. The molecule has 0 saturated heterocycles. The van der Waals surface area contributed by atoms with Crippen LogP contribution in [-0.4, -0.2) is 18.1 Å². The van der Waals surface area contributed by atoms with E-state index in [2.05, 4.69) is 0 Å². The first kappa shape index (κ1) is 21.8. The normalized spacial score (nSPS) is 16.1. The molecule has 1 unspecified atom stereocenters. The minimum Gasteiger partial charge on any atom is -0.490 e. The second kappa shape index (κ2) is 6.53. The molecular formula is C17H14ClF5N2O2S. The van der Waals surface area contributed by atoms with Gasteiger partial charge in [-0.15, -0.1) is 0 Å². The van der Waals surface area contributed by atoms with Crippen LogP contribution in [0.5, 0.6) is 5.75 Å². The number of hydrogen-bond acceptors (Lipinski definition) is 3. The second-order valence-electron chi connectivity index (χ2n) is 6.11. The van der Waals surface area contributed by atoms with Gasteiger partial charge in [-0.25, -0.2) is 0 Å². The van der Waals surface area contributed by atoms with E-state index >= 15 is 0 Å². The molecule has 152 valence electrons. The number of rotatable bonds is 6. The van der Waals surface area contributed by atoms with E-state index in [9.17, 15) is 29.5 Å². The summed E-state index contributed by atoms with van der Waals surface area (Å²) >= 11 is 5.72. The molecule has 0 fully saturated rings. The quantitative estimate of drug-likeness (QED) is 0.553. The van der Waals surface area contributed by atoms with Gasteiger partial charge in [0.1, 0.15) is 17.3 Å². The van der Waals surface area contributed by atoms with Crippen molar-refractivity contribution in [1.82, 2.24) is 5.32 Å². The minimum atomic E-state index is -10.1. The van der Waals surface area contributed by atoms with Crippen LogP contribution in [0.3, 0.4) is 0 Å². The van der Waals surface area contributed by atoms with Crippen LogP contribution in [0.1, 0.15) is 17.3 Å². The molecule has 1 N–H and O–H groups in total. The Morgan fingerprint density at radius 3 is 2.25 bits per heavy atom. The molecular weight excluding hydrogens is 427 g/mol. The fourth-order valence-electron chi connectivity index (χ4n) is 2.16. The van der Waals surface area contributed by atoms with Gasteiger partial charge in [0.15, 0.2) is 5.54 Å². The molecule has 0 aromatic heterocycles. The molecule has 11 heteroatoms. The third kappa shape index (κ3) is 5.50. The zero-order chi connectivity index (χ0) is 21.3. The first-order chi connectivity index (χ1) is 12.6. The number of ether oxygens (including phenoxy) is 1. The van der Waals surface area contributed by atoms with Crippen LogP contribution in [0.4, 0.5) is 19.4 Å². The van der Waals surface area contributed by atoms with E-state index in [1.807, 2.05) is 5.32 Å². The van der Waals surface area contributed by atoms with Gasteiger partial charge >= 0.3 is 10.2 Å². The van der Waals surface area contributed by atoms with Gasteiger partial charge in [0.05, 0.1) is 11.6 Å². The number of carbonyl (C=O) groups is 1. The van der Waals surface area contributed by atoms with Crippen molar-refractivity contribution in [3.63, 3.8) is 0 Å². The van der Waals surface area contributed by atoms with Crippen molar-refractivity contribution >= 4 is 27.7 Å². The molecule has 0 aliphatic carbocycles. The van der Waals surface area contributed by atoms with Crippen LogP contribution in [0.25, 0.3) is 0 Å². The minimum absolute atomic E-state index is 0.129. The Hall–Kier alpha value is -2.51. The van der Waals surface area contributed by atoms with Gasteiger partial charge in [0, 0.05) is 5.02 Å². The SMILES string of the molecule is CC(C#N)(COc1ccc(Cl)cc1)NC(=O)c1ccccc1S(F)(F)(F)(F)F. The van der Waals surface area contributed by atoms with Crippen molar-refractivity contribution in [3.05, 3.63) is 59.1 Å². The number of nitrogens with zero attached hydrogens (tertiary/aromatic N) is 1. The molecule has 0 bridgehead atoms. The van der Waals surface area contributed by atoms with E-state index < -0.39 is 38.7 Å². The zero-order valence-corrected chi connectivity index (χ0v) is 15.8. The smallest absolute Gasteiger partial charge is 0.311 e. The van der Waals surface area contributed by atoms with E-state index in [4.69, 9.17) is 16.3 Å². The highest BCUT2D eigenvalue weighted by atomic mass is 35.5. The first-order valence-corrected chi connectivity index (χ1v) is 9.92. The van der Waals surface area contributed by atoms with Gasteiger partial charge in [-0.2, -0.15) is 5.26 Å². The summed E-state index contributed by atoms with van der Waals surface area (Å²) in [6.07, 6.45) is 0. The van der Waals surface area contributed by atoms with E-state index in [1.54, 1.807) is 6.07 Å². The largest absolute Gasteiger partial charge is 0.490 e. The van der Waals surface area contributed by atoms with Gasteiger partial charge in [-0.05, 0) is 43.3 Å². The Morgan fingerprint density at radius 1 is 1.14 bits per heavy atom. The number of amides is 1. The molecule has 1 amide bonds. The molecule has 0 spiro atoms. The topological polar surface area (TPSA) is 62.1 Å². The summed E-state index contributed by atoms with van der Waals surface area (Å²) in [5.41, 5.74) is -3.07. The Morgan fingerprint density at radius 2 is 1.71 bits per heavy atom. The number of halogens is 6. The summed E-state index contributed by atoms with van der Waals surface area (Å²) in [5, 5.41) is 11.8. The van der Waals surface area contributed by atoms with Crippen LogP contribution < -0.4 is 10.1 Å². The summed E-state index contributed by atoms with van der Waals surface area (Å²) in [5.74, 6) is -1.19. The van der Waals surface area contributed by atoms with Gasteiger partial charge < -0.3 is 10.1 Å².